The monoisotopic (exact) mass is 169 g/mol. The summed E-state index contributed by atoms with van der Waals surface area (Å²) in [4.78, 5) is 11.1. The van der Waals surface area contributed by atoms with Gasteiger partial charge < -0.3 is 4.57 Å². The van der Waals surface area contributed by atoms with Gasteiger partial charge in [0.25, 0.3) is 0 Å². The molecule has 0 saturated heterocycles. The normalized spacial score (nSPS) is 9.82. The topological polar surface area (TPSA) is 22.0 Å². The number of rotatable bonds is 4. The maximum absolute atomic E-state index is 11.0. The van der Waals surface area contributed by atoms with Crippen molar-refractivity contribution in [1.82, 2.24) is 4.57 Å². The Hall–Kier alpha value is -0.830. The Kier molecular flexibility index (Phi) is 3.11. The molecule has 0 atom stereocenters. The molecule has 0 bridgehead atoms. The fraction of sp³-hybridized carbons (Fsp3) is 0.375. The van der Waals surface area contributed by atoms with Crippen molar-refractivity contribution in [1.29, 1.82) is 0 Å². The van der Waals surface area contributed by atoms with Crippen LogP contribution in [0.4, 0.5) is 0 Å². The Morgan fingerprint density at radius 2 is 2.55 bits per heavy atom. The molecular formula is C8H11NOS. The van der Waals surface area contributed by atoms with Crippen LogP contribution in [0.25, 0.3) is 0 Å². The molecule has 3 heteroatoms. The van der Waals surface area contributed by atoms with Crippen LogP contribution in [-0.4, -0.2) is 4.57 Å². The van der Waals surface area contributed by atoms with E-state index in [1.807, 2.05) is 17.7 Å². The summed E-state index contributed by atoms with van der Waals surface area (Å²) in [7, 11) is 0. The summed E-state index contributed by atoms with van der Waals surface area (Å²) < 4.78 is 1.73. The highest BCUT2D eigenvalue weighted by molar-refractivity contribution is 7.07. The second-order valence-corrected chi connectivity index (χ2v) is 3.15. The van der Waals surface area contributed by atoms with Crippen molar-refractivity contribution in [2.24, 2.45) is 0 Å². The van der Waals surface area contributed by atoms with Gasteiger partial charge in [-0.2, -0.15) is 0 Å². The number of aryl methyl sites for hydroxylation is 1. The molecule has 2 nitrogen and oxygen atoms in total. The van der Waals surface area contributed by atoms with Gasteiger partial charge in [-0.3, -0.25) is 4.79 Å². The summed E-state index contributed by atoms with van der Waals surface area (Å²) in [6.07, 6.45) is 5.68. The molecule has 0 amide bonds. The average Bonchev–Trinajstić information content (AvgIpc) is 2.37. The number of hydrogen-bond donors (Lipinski definition) is 0. The van der Waals surface area contributed by atoms with Gasteiger partial charge in [0.15, 0.2) is 0 Å². The van der Waals surface area contributed by atoms with E-state index in [1.165, 1.54) is 11.3 Å². The molecule has 0 aliphatic heterocycles. The van der Waals surface area contributed by atoms with E-state index in [-0.39, 0.29) is 4.87 Å². The molecule has 1 heterocycles. The van der Waals surface area contributed by atoms with Crippen molar-refractivity contribution in [3.63, 3.8) is 0 Å². The maximum atomic E-state index is 11.0. The molecule has 0 aliphatic rings. The highest BCUT2D eigenvalue weighted by Crippen LogP contribution is 1.95. The predicted molar refractivity (Wildman–Crippen MR) is 48.0 cm³/mol. The van der Waals surface area contributed by atoms with E-state index in [9.17, 15) is 4.79 Å². The minimum absolute atomic E-state index is 0.133. The van der Waals surface area contributed by atoms with Crippen LogP contribution in [0, 0.1) is 0 Å². The molecule has 60 valence electrons. The Balaban J connectivity index is 2.44. The molecule has 0 unspecified atom stereocenters. The molecular weight excluding hydrogens is 158 g/mol. The van der Waals surface area contributed by atoms with E-state index in [0.717, 1.165) is 19.4 Å². The molecule has 11 heavy (non-hydrogen) atoms. The number of hydrogen-bond acceptors (Lipinski definition) is 2. The summed E-state index contributed by atoms with van der Waals surface area (Å²) in [6.45, 7) is 4.43. The van der Waals surface area contributed by atoms with Crippen molar-refractivity contribution in [3.05, 3.63) is 33.9 Å². The van der Waals surface area contributed by atoms with Crippen LogP contribution in [0.15, 0.2) is 29.0 Å². The third-order valence-corrected chi connectivity index (χ3v) is 2.15. The van der Waals surface area contributed by atoms with Crippen LogP contribution in [0.1, 0.15) is 12.8 Å². The summed E-state index contributed by atoms with van der Waals surface area (Å²) in [5, 5.41) is 1.82. The summed E-state index contributed by atoms with van der Waals surface area (Å²) in [5.74, 6) is 0. The molecule has 0 radical (unpaired) electrons. The molecule has 0 N–H and O–H groups in total. The van der Waals surface area contributed by atoms with E-state index in [1.54, 1.807) is 4.57 Å². The first-order valence-corrected chi connectivity index (χ1v) is 4.47. The zero-order chi connectivity index (χ0) is 8.10. The molecule has 0 fully saturated rings. The van der Waals surface area contributed by atoms with E-state index >= 15 is 0 Å². The lowest BCUT2D eigenvalue weighted by Crippen LogP contribution is -2.11. The standard InChI is InChI=1S/C8H11NOS/c1-2-3-4-5-9-6-7-11-8(9)10/h2,6-7H,1,3-5H2. The van der Waals surface area contributed by atoms with Crippen molar-refractivity contribution in [2.75, 3.05) is 0 Å². The van der Waals surface area contributed by atoms with Crippen LogP contribution in [0.5, 0.6) is 0 Å². The molecule has 0 spiro atoms. The van der Waals surface area contributed by atoms with E-state index in [2.05, 4.69) is 6.58 Å². The van der Waals surface area contributed by atoms with Crippen LogP contribution in [-0.2, 0) is 6.54 Å². The fourth-order valence-electron chi connectivity index (χ4n) is 0.862. The highest BCUT2D eigenvalue weighted by atomic mass is 32.1. The van der Waals surface area contributed by atoms with Crippen LogP contribution in [0.3, 0.4) is 0 Å². The average molecular weight is 169 g/mol. The number of thiazole rings is 1. The van der Waals surface area contributed by atoms with Gasteiger partial charge >= 0.3 is 4.87 Å². The predicted octanol–water partition coefficient (Wildman–Crippen LogP) is 1.88. The van der Waals surface area contributed by atoms with E-state index in [0.29, 0.717) is 0 Å². The lowest BCUT2D eigenvalue weighted by atomic mass is 10.3. The lowest BCUT2D eigenvalue weighted by molar-refractivity contribution is 0.642. The zero-order valence-electron chi connectivity index (χ0n) is 6.32. The zero-order valence-corrected chi connectivity index (χ0v) is 7.14. The minimum Gasteiger partial charge on any atom is -0.306 e. The fourth-order valence-corrected chi connectivity index (χ4v) is 1.47. The SMILES string of the molecule is C=CCCCn1ccsc1=O. The van der Waals surface area contributed by atoms with Crippen molar-refractivity contribution in [3.8, 4) is 0 Å². The molecule has 0 aliphatic carbocycles. The third kappa shape index (κ3) is 2.35. The van der Waals surface area contributed by atoms with Crippen LogP contribution in [0.2, 0.25) is 0 Å². The Bertz CT molecular complexity index is 274. The minimum atomic E-state index is 0.133. The Labute approximate surface area is 69.8 Å². The molecule has 0 aromatic carbocycles. The number of allylic oxidation sites excluding steroid dienone is 1. The number of aromatic nitrogens is 1. The van der Waals surface area contributed by atoms with Crippen molar-refractivity contribution < 1.29 is 0 Å². The maximum Gasteiger partial charge on any atom is 0.307 e. The first-order valence-electron chi connectivity index (χ1n) is 3.59. The first kappa shape index (κ1) is 8.27. The highest BCUT2D eigenvalue weighted by Gasteiger charge is 1.93. The smallest absolute Gasteiger partial charge is 0.306 e. The van der Waals surface area contributed by atoms with Crippen molar-refractivity contribution >= 4 is 11.3 Å². The summed E-state index contributed by atoms with van der Waals surface area (Å²) >= 11 is 1.24. The van der Waals surface area contributed by atoms with E-state index in [4.69, 9.17) is 0 Å². The molecule has 1 aromatic heterocycles. The van der Waals surface area contributed by atoms with Gasteiger partial charge in [-0.15, -0.1) is 6.58 Å². The second-order valence-electron chi connectivity index (χ2n) is 2.29. The van der Waals surface area contributed by atoms with Crippen molar-refractivity contribution in [2.45, 2.75) is 19.4 Å². The summed E-state index contributed by atoms with van der Waals surface area (Å²) in [6, 6.07) is 0. The Morgan fingerprint density at radius 3 is 3.09 bits per heavy atom. The van der Waals surface area contributed by atoms with Gasteiger partial charge in [-0.05, 0) is 12.8 Å². The van der Waals surface area contributed by atoms with Crippen LogP contribution >= 0.6 is 11.3 Å². The lowest BCUT2D eigenvalue weighted by Gasteiger charge is -1.96. The van der Waals surface area contributed by atoms with Crippen LogP contribution < -0.4 is 4.87 Å². The van der Waals surface area contributed by atoms with E-state index < -0.39 is 0 Å². The number of nitrogens with zero attached hydrogens (tertiary/aromatic N) is 1. The number of unbranched alkanes of at least 4 members (excludes halogenated alkanes) is 1. The molecule has 1 rings (SSSR count). The van der Waals surface area contributed by atoms with Gasteiger partial charge in [-0.1, -0.05) is 17.4 Å². The Morgan fingerprint density at radius 1 is 1.73 bits per heavy atom. The molecule has 1 aromatic rings. The third-order valence-electron chi connectivity index (χ3n) is 1.45. The largest absolute Gasteiger partial charge is 0.307 e. The second kappa shape index (κ2) is 4.13. The van der Waals surface area contributed by atoms with Gasteiger partial charge in [0.1, 0.15) is 0 Å². The van der Waals surface area contributed by atoms with Gasteiger partial charge in [0.2, 0.25) is 0 Å². The quantitative estimate of drug-likeness (QED) is 0.498. The van der Waals surface area contributed by atoms with Gasteiger partial charge in [0.05, 0.1) is 0 Å². The summed E-state index contributed by atoms with van der Waals surface area (Å²) in [5.41, 5.74) is 0. The first-order chi connectivity index (χ1) is 5.34. The van der Waals surface area contributed by atoms with Gasteiger partial charge in [0, 0.05) is 18.1 Å². The molecule has 0 saturated carbocycles. The van der Waals surface area contributed by atoms with Gasteiger partial charge in [-0.25, -0.2) is 0 Å².